The highest BCUT2D eigenvalue weighted by Gasteiger charge is 2.16. The summed E-state index contributed by atoms with van der Waals surface area (Å²) in [5.74, 6) is -0.294. The predicted octanol–water partition coefficient (Wildman–Crippen LogP) is 3.26. The molecule has 0 spiro atoms. The maximum Gasteiger partial charge on any atom is 0.305 e. The Balaban J connectivity index is 1.74. The summed E-state index contributed by atoms with van der Waals surface area (Å²) in [4.78, 5) is 30.0. The normalized spacial score (nSPS) is 10.7. The number of carbonyl (C=O) groups excluding carboxylic acids is 2. The lowest BCUT2D eigenvalue weighted by Gasteiger charge is -2.17. The Bertz CT molecular complexity index is 1030. The van der Waals surface area contributed by atoms with Crippen LogP contribution in [0.15, 0.2) is 48.8 Å². The van der Waals surface area contributed by atoms with Gasteiger partial charge in [-0.1, -0.05) is 6.07 Å². The quantitative estimate of drug-likeness (QED) is 0.563. The molecule has 0 N–H and O–H groups in total. The molecule has 156 valence electrons. The first-order chi connectivity index (χ1) is 14.4. The fourth-order valence-corrected chi connectivity index (χ4v) is 3.42. The van der Waals surface area contributed by atoms with Gasteiger partial charge in [0.1, 0.15) is 0 Å². The second kappa shape index (κ2) is 9.35. The second-order valence-electron chi connectivity index (χ2n) is 7.21. The van der Waals surface area contributed by atoms with Crippen LogP contribution >= 0.6 is 0 Å². The summed E-state index contributed by atoms with van der Waals surface area (Å²) in [5.41, 5.74) is 5.35. The standard InChI is InChI=1S/C23H26N4O3/c1-16-21(11-12-22(28)30-4)17(2)27(25-16)20-9-7-19(8-10-20)23(29)26(3)15-18-6-5-13-24-14-18/h5-10,13-14H,11-12,15H2,1-4H3. The lowest BCUT2D eigenvalue weighted by molar-refractivity contribution is -0.140. The topological polar surface area (TPSA) is 77.3 Å². The number of pyridine rings is 1. The molecule has 0 saturated heterocycles. The van der Waals surface area contributed by atoms with E-state index in [4.69, 9.17) is 4.74 Å². The minimum absolute atomic E-state index is 0.0578. The molecule has 7 nitrogen and oxygen atoms in total. The summed E-state index contributed by atoms with van der Waals surface area (Å²) in [6.07, 6.45) is 4.37. The van der Waals surface area contributed by atoms with Gasteiger partial charge in [-0.25, -0.2) is 4.68 Å². The van der Waals surface area contributed by atoms with E-state index in [0.29, 0.717) is 24.9 Å². The molecule has 7 heteroatoms. The van der Waals surface area contributed by atoms with Gasteiger partial charge < -0.3 is 9.64 Å². The fraction of sp³-hybridized carbons (Fsp3) is 0.304. The van der Waals surface area contributed by atoms with Crippen LogP contribution in [0.2, 0.25) is 0 Å². The molecule has 0 bridgehead atoms. The van der Waals surface area contributed by atoms with Gasteiger partial charge in [-0.2, -0.15) is 5.10 Å². The SMILES string of the molecule is COC(=O)CCc1c(C)nn(-c2ccc(C(=O)N(C)Cc3cccnc3)cc2)c1C. The number of aryl methyl sites for hydroxylation is 1. The van der Waals surface area contributed by atoms with Crippen molar-refractivity contribution in [3.05, 3.63) is 76.9 Å². The van der Waals surface area contributed by atoms with Crippen LogP contribution in [-0.4, -0.2) is 45.7 Å². The maximum atomic E-state index is 12.7. The number of nitrogens with zero attached hydrogens (tertiary/aromatic N) is 4. The zero-order valence-corrected chi connectivity index (χ0v) is 17.8. The Morgan fingerprint density at radius 3 is 2.50 bits per heavy atom. The van der Waals surface area contributed by atoms with E-state index in [2.05, 4.69) is 10.1 Å². The number of amides is 1. The number of ether oxygens (including phenoxy) is 1. The highest BCUT2D eigenvalue weighted by atomic mass is 16.5. The van der Waals surface area contributed by atoms with Gasteiger partial charge in [0, 0.05) is 43.7 Å². The minimum atomic E-state index is -0.236. The molecule has 0 unspecified atom stereocenters. The molecule has 0 aliphatic carbocycles. The average Bonchev–Trinajstić information content (AvgIpc) is 3.05. The van der Waals surface area contributed by atoms with E-state index >= 15 is 0 Å². The van der Waals surface area contributed by atoms with E-state index < -0.39 is 0 Å². The Hall–Kier alpha value is -3.48. The minimum Gasteiger partial charge on any atom is -0.469 e. The molecule has 3 aromatic rings. The highest BCUT2D eigenvalue weighted by molar-refractivity contribution is 5.94. The smallest absolute Gasteiger partial charge is 0.305 e. The van der Waals surface area contributed by atoms with E-state index in [1.807, 2.05) is 54.9 Å². The molecular weight excluding hydrogens is 380 g/mol. The van der Waals surface area contributed by atoms with Crippen LogP contribution in [0, 0.1) is 13.8 Å². The Morgan fingerprint density at radius 2 is 1.87 bits per heavy atom. The van der Waals surface area contributed by atoms with Crippen molar-refractivity contribution in [3.8, 4) is 5.69 Å². The second-order valence-corrected chi connectivity index (χ2v) is 7.21. The molecule has 0 aliphatic rings. The molecule has 30 heavy (non-hydrogen) atoms. The Labute approximate surface area is 176 Å². The lowest BCUT2D eigenvalue weighted by atomic mass is 10.1. The maximum absolute atomic E-state index is 12.7. The number of carbonyl (C=O) groups is 2. The predicted molar refractivity (Wildman–Crippen MR) is 113 cm³/mol. The van der Waals surface area contributed by atoms with Crippen molar-refractivity contribution in [2.45, 2.75) is 33.2 Å². The van der Waals surface area contributed by atoms with Crippen LogP contribution < -0.4 is 0 Å². The molecule has 2 heterocycles. The van der Waals surface area contributed by atoms with Crippen molar-refractivity contribution < 1.29 is 14.3 Å². The largest absolute Gasteiger partial charge is 0.469 e. The van der Waals surface area contributed by atoms with Gasteiger partial charge in [-0.3, -0.25) is 14.6 Å². The van der Waals surface area contributed by atoms with Gasteiger partial charge in [-0.05, 0) is 61.7 Å². The summed E-state index contributed by atoms with van der Waals surface area (Å²) < 4.78 is 6.57. The summed E-state index contributed by atoms with van der Waals surface area (Å²) in [6, 6.07) is 11.2. The number of aromatic nitrogens is 3. The van der Waals surface area contributed by atoms with Crippen molar-refractivity contribution >= 4 is 11.9 Å². The number of benzene rings is 1. The van der Waals surface area contributed by atoms with Crippen LogP contribution in [0.25, 0.3) is 5.69 Å². The summed E-state index contributed by atoms with van der Waals surface area (Å²) >= 11 is 0. The zero-order chi connectivity index (χ0) is 21.7. The van der Waals surface area contributed by atoms with Gasteiger partial charge in [0.25, 0.3) is 5.91 Å². The van der Waals surface area contributed by atoms with E-state index in [0.717, 1.165) is 28.2 Å². The third-order valence-corrected chi connectivity index (χ3v) is 5.10. The molecule has 1 aromatic carbocycles. The number of esters is 1. The summed E-state index contributed by atoms with van der Waals surface area (Å²) in [6.45, 7) is 4.41. The van der Waals surface area contributed by atoms with Gasteiger partial charge in [0.15, 0.2) is 0 Å². The van der Waals surface area contributed by atoms with Crippen molar-refractivity contribution in [1.29, 1.82) is 0 Å². The van der Waals surface area contributed by atoms with E-state index in [1.54, 1.807) is 24.3 Å². The fourth-order valence-electron chi connectivity index (χ4n) is 3.42. The Morgan fingerprint density at radius 1 is 1.13 bits per heavy atom. The molecule has 0 atom stereocenters. The highest BCUT2D eigenvalue weighted by Crippen LogP contribution is 2.20. The first-order valence-corrected chi connectivity index (χ1v) is 9.77. The average molecular weight is 406 g/mol. The van der Waals surface area contributed by atoms with Crippen molar-refractivity contribution in [3.63, 3.8) is 0 Å². The molecule has 0 saturated carbocycles. The van der Waals surface area contributed by atoms with Gasteiger partial charge >= 0.3 is 5.97 Å². The zero-order valence-electron chi connectivity index (χ0n) is 17.8. The number of methoxy groups -OCH3 is 1. The van der Waals surface area contributed by atoms with Crippen molar-refractivity contribution in [2.24, 2.45) is 0 Å². The monoisotopic (exact) mass is 406 g/mol. The van der Waals surface area contributed by atoms with Gasteiger partial charge in [-0.15, -0.1) is 0 Å². The molecule has 0 radical (unpaired) electrons. The van der Waals surface area contributed by atoms with E-state index in [9.17, 15) is 9.59 Å². The molecule has 2 aromatic heterocycles. The first kappa shape index (κ1) is 21.2. The first-order valence-electron chi connectivity index (χ1n) is 9.77. The van der Waals surface area contributed by atoms with Crippen molar-refractivity contribution in [1.82, 2.24) is 19.7 Å². The van der Waals surface area contributed by atoms with E-state index in [-0.39, 0.29) is 11.9 Å². The third kappa shape index (κ3) is 4.74. The molecule has 3 rings (SSSR count). The summed E-state index contributed by atoms with van der Waals surface area (Å²) in [5, 5.41) is 4.61. The molecule has 1 amide bonds. The van der Waals surface area contributed by atoms with Crippen LogP contribution in [0.1, 0.15) is 39.3 Å². The van der Waals surface area contributed by atoms with Crippen LogP contribution in [0.5, 0.6) is 0 Å². The van der Waals surface area contributed by atoms with Gasteiger partial charge in [0.2, 0.25) is 0 Å². The van der Waals surface area contributed by atoms with Crippen LogP contribution in [0.4, 0.5) is 0 Å². The van der Waals surface area contributed by atoms with E-state index in [1.165, 1.54) is 7.11 Å². The third-order valence-electron chi connectivity index (χ3n) is 5.10. The number of rotatable bonds is 7. The number of hydrogen-bond donors (Lipinski definition) is 0. The van der Waals surface area contributed by atoms with Crippen LogP contribution in [-0.2, 0) is 22.5 Å². The number of hydrogen-bond acceptors (Lipinski definition) is 5. The Kier molecular flexibility index (Phi) is 6.61. The lowest BCUT2D eigenvalue weighted by Crippen LogP contribution is -2.26. The van der Waals surface area contributed by atoms with Crippen molar-refractivity contribution in [2.75, 3.05) is 14.2 Å². The summed E-state index contributed by atoms with van der Waals surface area (Å²) in [7, 11) is 3.17. The van der Waals surface area contributed by atoms with Crippen LogP contribution in [0.3, 0.4) is 0 Å². The molecule has 0 fully saturated rings. The molecular formula is C23H26N4O3. The molecule has 0 aliphatic heterocycles. The van der Waals surface area contributed by atoms with Gasteiger partial charge in [0.05, 0.1) is 18.5 Å².